The summed E-state index contributed by atoms with van der Waals surface area (Å²) < 4.78 is 21.2. The Bertz CT molecular complexity index is 803. The number of methoxy groups -OCH3 is 2. The van der Waals surface area contributed by atoms with Crippen LogP contribution in [0.5, 0.6) is 23.0 Å². The number of carbonyl (C=O) groups is 2. The van der Waals surface area contributed by atoms with E-state index in [9.17, 15) is 9.59 Å². The smallest absolute Gasteiger partial charge is 0.343 e. The summed E-state index contributed by atoms with van der Waals surface area (Å²) in [5.41, 5.74) is 1.26. The lowest BCUT2D eigenvalue weighted by atomic mass is 10.2. The van der Waals surface area contributed by atoms with E-state index in [4.69, 9.17) is 18.9 Å². The highest BCUT2D eigenvalue weighted by atomic mass is 16.6. The SMILES string of the molecule is CNC(=O)COc1ccc(C(=O)Oc2ccc(C)cc2OC)cc1OC. The summed E-state index contributed by atoms with van der Waals surface area (Å²) in [6.45, 7) is 1.76. The van der Waals surface area contributed by atoms with Crippen molar-refractivity contribution in [3.05, 3.63) is 47.5 Å². The van der Waals surface area contributed by atoms with E-state index >= 15 is 0 Å². The molecule has 0 unspecified atom stereocenters. The maximum Gasteiger partial charge on any atom is 0.343 e. The van der Waals surface area contributed by atoms with Gasteiger partial charge in [-0.1, -0.05) is 6.07 Å². The second-order valence-electron chi connectivity index (χ2n) is 5.37. The molecule has 0 radical (unpaired) electrons. The van der Waals surface area contributed by atoms with Crippen LogP contribution in [0.15, 0.2) is 36.4 Å². The lowest BCUT2D eigenvalue weighted by molar-refractivity contribution is -0.122. The van der Waals surface area contributed by atoms with Crippen LogP contribution in [0.3, 0.4) is 0 Å². The number of esters is 1. The molecule has 138 valence electrons. The quantitative estimate of drug-likeness (QED) is 0.604. The van der Waals surface area contributed by atoms with Gasteiger partial charge in [-0.25, -0.2) is 4.79 Å². The predicted octanol–water partition coefficient (Wildman–Crippen LogP) is 2.36. The second kappa shape index (κ2) is 8.75. The lowest BCUT2D eigenvalue weighted by Gasteiger charge is -2.12. The van der Waals surface area contributed by atoms with E-state index in [-0.39, 0.29) is 18.1 Å². The number of benzene rings is 2. The van der Waals surface area contributed by atoms with Gasteiger partial charge in [0.2, 0.25) is 0 Å². The highest BCUT2D eigenvalue weighted by Gasteiger charge is 2.16. The van der Waals surface area contributed by atoms with Crippen LogP contribution in [0.2, 0.25) is 0 Å². The molecule has 26 heavy (non-hydrogen) atoms. The number of aryl methyl sites for hydroxylation is 1. The Morgan fingerprint density at radius 3 is 2.23 bits per heavy atom. The zero-order chi connectivity index (χ0) is 19.1. The third-order valence-electron chi connectivity index (χ3n) is 3.56. The number of hydrogen-bond acceptors (Lipinski definition) is 6. The Balaban J connectivity index is 2.18. The molecule has 0 aliphatic carbocycles. The molecule has 1 N–H and O–H groups in total. The summed E-state index contributed by atoms with van der Waals surface area (Å²) >= 11 is 0. The van der Waals surface area contributed by atoms with Crippen molar-refractivity contribution in [2.45, 2.75) is 6.92 Å². The van der Waals surface area contributed by atoms with Gasteiger partial charge >= 0.3 is 5.97 Å². The van der Waals surface area contributed by atoms with E-state index < -0.39 is 5.97 Å². The van der Waals surface area contributed by atoms with Crippen LogP contribution in [0.4, 0.5) is 0 Å². The molecule has 0 atom stereocenters. The number of carbonyl (C=O) groups excluding carboxylic acids is 2. The molecule has 7 heteroatoms. The molecule has 0 bridgehead atoms. The Kier molecular flexibility index (Phi) is 6.43. The normalized spacial score (nSPS) is 10.0. The van der Waals surface area contributed by atoms with Gasteiger partial charge in [-0.05, 0) is 42.8 Å². The minimum atomic E-state index is -0.566. The average molecular weight is 359 g/mol. The Labute approximate surface area is 151 Å². The summed E-state index contributed by atoms with van der Waals surface area (Å²) in [6, 6.07) is 9.84. The van der Waals surface area contributed by atoms with Crippen LogP contribution in [0.25, 0.3) is 0 Å². The van der Waals surface area contributed by atoms with E-state index in [1.165, 1.54) is 33.4 Å². The number of rotatable bonds is 7. The van der Waals surface area contributed by atoms with Crippen molar-refractivity contribution in [3.63, 3.8) is 0 Å². The summed E-state index contributed by atoms with van der Waals surface area (Å²) in [5.74, 6) is 0.614. The fourth-order valence-electron chi connectivity index (χ4n) is 2.15. The van der Waals surface area contributed by atoms with Crippen LogP contribution in [-0.2, 0) is 4.79 Å². The Morgan fingerprint density at radius 1 is 0.923 bits per heavy atom. The first-order valence-corrected chi connectivity index (χ1v) is 7.86. The topological polar surface area (TPSA) is 83.1 Å². The van der Waals surface area contributed by atoms with Gasteiger partial charge in [0, 0.05) is 7.05 Å². The molecule has 2 aromatic carbocycles. The zero-order valence-electron chi connectivity index (χ0n) is 15.1. The molecule has 2 aromatic rings. The highest BCUT2D eigenvalue weighted by molar-refractivity contribution is 5.92. The van der Waals surface area contributed by atoms with Gasteiger partial charge in [-0.15, -0.1) is 0 Å². The second-order valence-corrected chi connectivity index (χ2v) is 5.37. The summed E-state index contributed by atoms with van der Waals surface area (Å²) in [4.78, 5) is 23.7. The molecule has 0 heterocycles. The number of likely N-dealkylation sites (N-methyl/N-ethyl adjacent to an activating group) is 1. The van der Waals surface area contributed by atoms with Gasteiger partial charge in [0.25, 0.3) is 5.91 Å². The van der Waals surface area contributed by atoms with Crippen molar-refractivity contribution in [1.29, 1.82) is 0 Å². The third kappa shape index (κ3) is 4.66. The molecule has 0 aliphatic heterocycles. The first kappa shape index (κ1) is 19.1. The van der Waals surface area contributed by atoms with Crippen LogP contribution in [0, 0.1) is 6.92 Å². The minimum absolute atomic E-state index is 0.156. The molecule has 0 saturated heterocycles. The van der Waals surface area contributed by atoms with Crippen LogP contribution in [-0.4, -0.2) is 39.8 Å². The van der Waals surface area contributed by atoms with Crippen LogP contribution < -0.4 is 24.3 Å². The standard InChI is InChI=1S/C19H21NO6/c1-12-5-7-15(16(9-12)23-3)26-19(22)13-6-8-14(17(10-13)24-4)25-11-18(21)20-2/h5-10H,11H2,1-4H3,(H,20,21). The van der Waals surface area contributed by atoms with Crippen molar-refractivity contribution < 1.29 is 28.5 Å². The number of hydrogen-bond donors (Lipinski definition) is 1. The van der Waals surface area contributed by atoms with Crippen LogP contribution in [0.1, 0.15) is 15.9 Å². The van der Waals surface area contributed by atoms with E-state index in [1.54, 1.807) is 18.2 Å². The van der Waals surface area contributed by atoms with Gasteiger partial charge in [-0.2, -0.15) is 0 Å². The summed E-state index contributed by atoms with van der Waals surface area (Å²) in [6.07, 6.45) is 0. The highest BCUT2D eigenvalue weighted by Crippen LogP contribution is 2.31. The number of amides is 1. The lowest BCUT2D eigenvalue weighted by Crippen LogP contribution is -2.25. The largest absolute Gasteiger partial charge is 0.493 e. The molecule has 7 nitrogen and oxygen atoms in total. The maximum absolute atomic E-state index is 12.4. The van der Waals surface area contributed by atoms with Crippen molar-refractivity contribution in [1.82, 2.24) is 5.32 Å². The molecule has 0 fully saturated rings. The fraction of sp³-hybridized carbons (Fsp3) is 0.263. The van der Waals surface area contributed by atoms with E-state index in [1.807, 2.05) is 13.0 Å². The molecule has 0 spiro atoms. The van der Waals surface area contributed by atoms with Crippen molar-refractivity contribution >= 4 is 11.9 Å². The molecule has 1 amide bonds. The van der Waals surface area contributed by atoms with Crippen molar-refractivity contribution in [3.8, 4) is 23.0 Å². The van der Waals surface area contributed by atoms with Crippen molar-refractivity contribution in [2.24, 2.45) is 0 Å². The molecule has 0 aromatic heterocycles. The fourth-order valence-corrected chi connectivity index (χ4v) is 2.15. The van der Waals surface area contributed by atoms with Gasteiger partial charge in [0.15, 0.2) is 29.6 Å². The van der Waals surface area contributed by atoms with Crippen LogP contribution >= 0.6 is 0 Å². The molecule has 0 saturated carbocycles. The molecule has 0 aliphatic rings. The Morgan fingerprint density at radius 2 is 1.58 bits per heavy atom. The monoisotopic (exact) mass is 359 g/mol. The Hall–Kier alpha value is -3.22. The van der Waals surface area contributed by atoms with Crippen molar-refractivity contribution in [2.75, 3.05) is 27.9 Å². The van der Waals surface area contributed by atoms with E-state index in [0.29, 0.717) is 23.0 Å². The first-order chi connectivity index (χ1) is 12.5. The minimum Gasteiger partial charge on any atom is -0.493 e. The first-order valence-electron chi connectivity index (χ1n) is 7.86. The van der Waals surface area contributed by atoms with Gasteiger partial charge in [0.05, 0.1) is 19.8 Å². The molecule has 2 rings (SSSR count). The average Bonchev–Trinajstić information content (AvgIpc) is 2.66. The molecular weight excluding hydrogens is 338 g/mol. The van der Waals surface area contributed by atoms with E-state index in [2.05, 4.69) is 5.32 Å². The van der Waals surface area contributed by atoms with E-state index in [0.717, 1.165) is 5.56 Å². The van der Waals surface area contributed by atoms with Gasteiger partial charge in [0.1, 0.15) is 0 Å². The number of ether oxygens (including phenoxy) is 4. The maximum atomic E-state index is 12.4. The summed E-state index contributed by atoms with van der Waals surface area (Å²) in [5, 5.41) is 2.45. The number of nitrogens with one attached hydrogen (secondary N) is 1. The van der Waals surface area contributed by atoms with Gasteiger partial charge in [-0.3, -0.25) is 4.79 Å². The zero-order valence-corrected chi connectivity index (χ0v) is 15.1. The third-order valence-corrected chi connectivity index (χ3v) is 3.56. The molecular formula is C19H21NO6. The van der Waals surface area contributed by atoms with Gasteiger partial charge < -0.3 is 24.3 Å². The predicted molar refractivity (Wildman–Crippen MR) is 95.2 cm³/mol. The summed E-state index contributed by atoms with van der Waals surface area (Å²) in [7, 11) is 4.47.